The van der Waals surface area contributed by atoms with Crippen LogP contribution in [0.3, 0.4) is 0 Å². The number of benzene rings is 4. The Morgan fingerprint density at radius 3 is 1.22 bits per heavy atom. The van der Waals surface area contributed by atoms with E-state index in [9.17, 15) is 0 Å². The van der Waals surface area contributed by atoms with E-state index in [-0.39, 0.29) is 5.41 Å². The summed E-state index contributed by atoms with van der Waals surface area (Å²) in [6.45, 7) is 6.97. The smallest absolute Gasteiger partial charge is 0.00226 e. The van der Waals surface area contributed by atoms with Gasteiger partial charge in [-0.1, -0.05) is 112 Å². The topological polar surface area (TPSA) is 0 Å². The summed E-state index contributed by atoms with van der Waals surface area (Å²) in [5, 5.41) is 0. The summed E-state index contributed by atoms with van der Waals surface area (Å²) in [5.74, 6) is 0. The fourth-order valence-corrected chi connectivity index (χ4v) is 5.11. The Bertz CT molecular complexity index is 1250. The molecule has 0 spiro atoms. The first kappa shape index (κ1) is 20.8. The van der Waals surface area contributed by atoms with E-state index < -0.39 is 0 Å². The van der Waals surface area contributed by atoms with Crippen molar-refractivity contribution in [3.63, 3.8) is 0 Å². The van der Waals surface area contributed by atoms with Crippen molar-refractivity contribution < 1.29 is 0 Å². The van der Waals surface area contributed by atoms with Crippen LogP contribution in [0.1, 0.15) is 70.8 Å². The summed E-state index contributed by atoms with van der Waals surface area (Å²) in [6, 6.07) is 34.6. The Morgan fingerprint density at radius 1 is 0.438 bits per heavy atom. The molecule has 32 heavy (non-hydrogen) atoms. The standard InChI is InChI=1S/C32H32/c1-32(2,3)31-14-13-29-20-27-10-5-9-25(18-27)16-23-7-4-8-24(15-23)17-26-11-6-12-28(19-26)21-30(31)22-29/h4-15,18-19,22H,16-17,20-21H2,1-3H3. The van der Waals surface area contributed by atoms with Gasteiger partial charge < -0.3 is 0 Å². The molecule has 4 aromatic carbocycles. The molecule has 0 radical (unpaired) electrons. The zero-order chi connectivity index (χ0) is 22.1. The first-order valence-electron chi connectivity index (χ1n) is 11.8. The van der Waals surface area contributed by atoms with Crippen molar-refractivity contribution in [3.05, 3.63) is 141 Å². The van der Waals surface area contributed by atoms with Gasteiger partial charge in [-0.3, -0.25) is 0 Å². The third kappa shape index (κ3) is 4.70. The zero-order valence-corrected chi connectivity index (χ0v) is 19.5. The van der Waals surface area contributed by atoms with E-state index in [1.165, 1.54) is 50.1 Å². The van der Waals surface area contributed by atoms with E-state index in [1.54, 1.807) is 0 Å². The largest absolute Gasteiger partial charge is 0.0617 e. The highest BCUT2D eigenvalue weighted by Crippen LogP contribution is 2.30. The molecule has 8 bridgehead atoms. The van der Waals surface area contributed by atoms with Crippen LogP contribution < -0.4 is 0 Å². The van der Waals surface area contributed by atoms with E-state index in [0.717, 1.165) is 25.7 Å². The highest BCUT2D eigenvalue weighted by atomic mass is 14.2. The molecular formula is C32H32. The zero-order valence-electron chi connectivity index (χ0n) is 19.5. The molecule has 0 N–H and O–H groups in total. The molecule has 0 amide bonds. The maximum Gasteiger partial charge on any atom is -0.00226 e. The van der Waals surface area contributed by atoms with Crippen LogP contribution in [0.4, 0.5) is 0 Å². The predicted octanol–water partition coefficient (Wildman–Crippen LogP) is 7.66. The molecule has 160 valence electrons. The average molecular weight is 417 g/mol. The van der Waals surface area contributed by atoms with Gasteiger partial charge in [0.15, 0.2) is 0 Å². The molecule has 0 saturated carbocycles. The lowest BCUT2D eigenvalue weighted by Gasteiger charge is -2.24. The highest BCUT2D eigenvalue weighted by Gasteiger charge is 2.19. The molecule has 4 aromatic rings. The SMILES string of the molecule is CC(C)(C)c1ccc2cc1Cc1cccc(c1)Cc1cccc(c1)Cc1cccc(c1)C2. The van der Waals surface area contributed by atoms with Gasteiger partial charge >= 0.3 is 0 Å². The van der Waals surface area contributed by atoms with Crippen molar-refractivity contribution in [2.45, 2.75) is 51.9 Å². The van der Waals surface area contributed by atoms with Crippen LogP contribution in [0.25, 0.3) is 0 Å². The Balaban J connectivity index is 1.64. The summed E-state index contributed by atoms with van der Waals surface area (Å²) in [5.41, 5.74) is 12.8. The van der Waals surface area contributed by atoms with Gasteiger partial charge in [0.1, 0.15) is 0 Å². The van der Waals surface area contributed by atoms with Crippen molar-refractivity contribution in [2.75, 3.05) is 0 Å². The monoisotopic (exact) mass is 416 g/mol. The lowest BCUT2D eigenvalue weighted by atomic mass is 9.81. The number of rotatable bonds is 0. The molecule has 0 heterocycles. The minimum atomic E-state index is 0.132. The second kappa shape index (κ2) is 8.43. The third-order valence-corrected chi connectivity index (χ3v) is 6.57. The van der Waals surface area contributed by atoms with Crippen LogP contribution in [-0.4, -0.2) is 0 Å². The number of fused-ring (bicyclic) bond motifs is 8. The quantitative estimate of drug-likeness (QED) is 0.243. The highest BCUT2D eigenvalue weighted by molar-refractivity contribution is 5.43. The van der Waals surface area contributed by atoms with Crippen molar-refractivity contribution in [1.82, 2.24) is 0 Å². The van der Waals surface area contributed by atoms with Gasteiger partial charge in [-0.15, -0.1) is 0 Å². The summed E-state index contributed by atoms with van der Waals surface area (Å²) in [7, 11) is 0. The first-order valence-corrected chi connectivity index (χ1v) is 11.8. The molecule has 0 fully saturated rings. The van der Waals surface area contributed by atoms with Gasteiger partial charge in [0.2, 0.25) is 0 Å². The minimum Gasteiger partial charge on any atom is -0.0617 e. The average Bonchev–Trinajstić information content (AvgIpc) is 2.73. The Morgan fingerprint density at radius 2 is 0.812 bits per heavy atom. The molecule has 0 unspecified atom stereocenters. The summed E-state index contributed by atoms with van der Waals surface area (Å²) in [6.07, 6.45) is 3.92. The Kier molecular flexibility index (Phi) is 5.47. The van der Waals surface area contributed by atoms with Crippen molar-refractivity contribution in [3.8, 4) is 0 Å². The van der Waals surface area contributed by atoms with Crippen LogP contribution in [0.15, 0.2) is 91.0 Å². The van der Waals surface area contributed by atoms with E-state index in [0.29, 0.717) is 0 Å². The number of hydrogen-bond donors (Lipinski definition) is 0. The predicted molar refractivity (Wildman–Crippen MR) is 136 cm³/mol. The van der Waals surface area contributed by atoms with Gasteiger partial charge in [0.05, 0.1) is 0 Å². The van der Waals surface area contributed by atoms with Crippen LogP contribution in [0.2, 0.25) is 0 Å². The van der Waals surface area contributed by atoms with Crippen molar-refractivity contribution >= 4 is 0 Å². The molecule has 0 aliphatic heterocycles. The van der Waals surface area contributed by atoms with E-state index in [4.69, 9.17) is 0 Å². The summed E-state index contributed by atoms with van der Waals surface area (Å²) in [4.78, 5) is 0. The first-order chi connectivity index (χ1) is 15.4. The Hall–Kier alpha value is -3.12. The van der Waals surface area contributed by atoms with Crippen LogP contribution in [0, 0.1) is 0 Å². The normalized spacial score (nSPS) is 13.6. The van der Waals surface area contributed by atoms with E-state index in [2.05, 4.69) is 112 Å². The van der Waals surface area contributed by atoms with Gasteiger partial charge in [-0.25, -0.2) is 0 Å². The summed E-state index contributed by atoms with van der Waals surface area (Å²) < 4.78 is 0. The molecule has 0 heteroatoms. The molecule has 5 rings (SSSR count). The molecule has 0 nitrogen and oxygen atoms in total. The lowest BCUT2D eigenvalue weighted by Crippen LogP contribution is -2.15. The van der Waals surface area contributed by atoms with Crippen LogP contribution in [-0.2, 0) is 31.1 Å². The summed E-state index contributed by atoms with van der Waals surface area (Å²) >= 11 is 0. The minimum absolute atomic E-state index is 0.132. The second-order valence-corrected chi connectivity index (χ2v) is 10.4. The Labute approximate surface area is 193 Å². The van der Waals surface area contributed by atoms with E-state index in [1.807, 2.05) is 0 Å². The molecule has 0 atom stereocenters. The second-order valence-electron chi connectivity index (χ2n) is 10.4. The fourth-order valence-electron chi connectivity index (χ4n) is 5.11. The van der Waals surface area contributed by atoms with Gasteiger partial charge in [0, 0.05) is 0 Å². The van der Waals surface area contributed by atoms with Gasteiger partial charge in [-0.05, 0) is 81.2 Å². The molecule has 1 aliphatic rings. The fraction of sp³-hybridized carbons (Fsp3) is 0.250. The van der Waals surface area contributed by atoms with Gasteiger partial charge in [-0.2, -0.15) is 0 Å². The van der Waals surface area contributed by atoms with Crippen LogP contribution >= 0.6 is 0 Å². The molecular weight excluding hydrogens is 384 g/mol. The van der Waals surface area contributed by atoms with Gasteiger partial charge in [0.25, 0.3) is 0 Å². The van der Waals surface area contributed by atoms with Crippen LogP contribution in [0.5, 0.6) is 0 Å². The van der Waals surface area contributed by atoms with Crippen molar-refractivity contribution in [2.24, 2.45) is 0 Å². The number of hydrogen-bond acceptors (Lipinski definition) is 0. The van der Waals surface area contributed by atoms with E-state index >= 15 is 0 Å². The molecule has 1 aliphatic carbocycles. The molecule has 0 saturated heterocycles. The van der Waals surface area contributed by atoms with Crippen molar-refractivity contribution in [1.29, 1.82) is 0 Å². The third-order valence-electron chi connectivity index (χ3n) is 6.57. The maximum atomic E-state index is 2.45. The lowest BCUT2D eigenvalue weighted by molar-refractivity contribution is 0.584. The maximum absolute atomic E-state index is 2.45. The molecule has 0 aromatic heterocycles.